The third-order valence-electron chi connectivity index (χ3n) is 3.52. The van der Waals surface area contributed by atoms with E-state index in [2.05, 4.69) is 16.5 Å². The van der Waals surface area contributed by atoms with Crippen molar-refractivity contribution in [2.24, 2.45) is 5.73 Å². The molecule has 2 aromatic rings. The quantitative estimate of drug-likeness (QED) is 0.858. The first-order valence-corrected chi connectivity index (χ1v) is 6.60. The van der Waals surface area contributed by atoms with Gasteiger partial charge in [-0.05, 0) is 31.9 Å². The number of halogens is 1. The van der Waals surface area contributed by atoms with Crippen LogP contribution in [0.1, 0.15) is 17.8 Å². The van der Waals surface area contributed by atoms with Crippen LogP contribution >= 0.6 is 11.6 Å². The summed E-state index contributed by atoms with van der Waals surface area (Å²) in [6.07, 6.45) is 2.06. The number of aryl methyl sites for hydroxylation is 1. The summed E-state index contributed by atoms with van der Waals surface area (Å²) in [5.41, 5.74) is 9.54. The van der Waals surface area contributed by atoms with Gasteiger partial charge < -0.3 is 10.3 Å². The van der Waals surface area contributed by atoms with E-state index in [4.69, 9.17) is 17.3 Å². The van der Waals surface area contributed by atoms with Crippen LogP contribution in [0, 0.1) is 6.92 Å². The van der Waals surface area contributed by atoms with Gasteiger partial charge in [0, 0.05) is 28.9 Å². The molecule has 3 rings (SSSR count). The molecule has 4 heteroatoms. The topological polar surface area (TPSA) is 43.8 Å². The zero-order valence-corrected chi connectivity index (χ0v) is 11.1. The highest BCUT2D eigenvalue weighted by molar-refractivity contribution is 6.30. The molecule has 0 saturated carbocycles. The van der Waals surface area contributed by atoms with Crippen LogP contribution in [0.3, 0.4) is 0 Å². The average molecular weight is 262 g/mol. The number of fused-ring (bicyclic) bond motifs is 1. The highest BCUT2D eigenvalue weighted by Crippen LogP contribution is 2.28. The van der Waals surface area contributed by atoms with Crippen molar-refractivity contribution >= 4 is 11.6 Å². The van der Waals surface area contributed by atoms with Gasteiger partial charge in [-0.15, -0.1) is 0 Å². The van der Waals surface area contributed by atoms with Gasteiger partial charge in [-0.3, -0.25) is 0 Å². The van der Waals surface area contributed by atoms with E-state index in [0.717, 1.165) is 41.5 Å². The first-order valence-electron chi connectivity index (χ1n) is 6.22. The maximum Gasteiger partial charge on any atom is 0.140 e. The molecule has 0 radical (unpaired) electrons. The molecule has 1 aliphatic heterocycles. The summed E-state index contributed by atoms with van der Waals surface area (Å²) in [4.78, 5) is 4.69. The fraction of sp³-hybridized carbons (Fsp3) is 0.357. The molecule has 18 heavy (non-hydrogen) atoms. The zero-order chi connectivity index (χ0) is 12.7. The van der Waals surface area contributed by atoms with Crippen LogP contribution in [-0.4, -0.2) is 15.6 Å². The molecule has 94 valence electrons. The summed E-state index contributed by atoms with van der Waals surface area (Å²) in [5, 5.41) is 0.739. The van der Waals surface area contributed by atoms with Gasteiger partial charge in [0.15, 0.2) is 0 Å². The van der Waals surface area contributed by atoms with Gasteiger partial charge in [0.25, 0.3) is 0 Å². The maximum atomic E-state index is 6.06. The van der Waals surface area contributed by atoms with E-state index in [1.165, 1.54) is 5.69 Å². The summed E-state index contributed by atoms with van der Waals surface area (Å²) < 4.78 is 2.25. The molecule has 0 spiro atoms. The second kappa shape index (κ2) is 4.41. The highest BCUT2D eigenvalue weighted by atomic mass is 35.5. The van der Waals surface area contributed by atoms with E-state index in [1.807, 2.05) is 24.3 Å². The lowest BCUT2D eigenvalue weighted by Gasteiger charge is -2.22. The van der Waals surface area contributed by atoms with Crippen molar-refractivity contribution in [3.63, 3.8) is 0 Å². The lowest BCUT2D eigenvalue weighted by atomic mass is 10.0. The summed E-state index contributed by atoms with van der Waals surface area (Å²) in [5.74, 6) is 0.986. The van der Waals surface area contributed by atoms with Crippen LogP contribution in [0.4, 0.5) is 0 Å². The molecule has 0 amide bonds. The molecule has 0 bridgehead atoms. The van der Waals surface area contributed by atoms with Crippen molar-refractivity contribution in [3.8, 4) is 11.4 Å². The van der Waals surface area contributed by atoms with Gasteiger partial charge in [0.05, 0.1) is 5.69 Å². The predicted molar refractivity (Wildman–Crippen MR) is 73.7 cm³/mol. The maximum absolute atomic E-state index is 6.06. The van der Waals surface area contributed by atoms with E-state index in [0.29, 0.717) is 0 Å². The number of aromatic nitrogens is 2. The molecule has 1 aliphatic rings. The van der Waals surface area contributed by atoms with Crippen molar-refractivity contribution in [3.05, 3.63) is 40.7 Å². The van der Waals surface area contributed by atoms with E-state index in [9.17, 15) is 0 Å². The van der Waals surface area contributed by atoms with Crippen LogP contribution in [0.5, 0.6) is 0 Å². The van der Waals surface area contributed by atoms with Crippen LogP contribution in [-0.2, 0) is 13.0 Å². The van der Waals surface area contributed by atoms with E-state index < -0.39 is 0 Å². The molecule has 1 aromatic heterocycles. The van der Waals surface area contributed by atoms with E-state index in [-0.39, 0.29) is 6.04 Å². The molecule has 1 atom stereocenters. The van der Waals surface area contributed by atoms with Crippen molar-refractivity contribution in [1.82, 2.24) is 9.55 Å². The molecule has 1 aromatic carbocycles. The van der Waals surface area contributed by atoms with Crippen LogP contribution in [0.15, 0.2) is 24.3 Å². The number of nitrogens with two attached hydrogens (primary N) is 1. The Bertz CT molecular complexity index is 589. The molecule has 0 saturated heterocycles. The monoisotopic (exact) mass is 261 g/mol. The van der Waals surface area contributed by atoms with Crippen molar-refractivity contribution < 1.29 is 0 Å². The van der Waals surface area contributed by atoms with Crippen LogP contribution in [0.2, 0.25) is 5.02 Å². The third kappa shape index (κ3) is 1.93. The van der Waals surface area contributed by atoms with Crippen molar-refractivity contribution in [1.29, 1.82) is 0 Å². The average Bonchev–Trinajstić information content (AvgIpc) is 2.66. The second-order valence-electron chi connectivity index (χ2n) is 4.89. The molecule has 0 aliphatic carbocycles. The Kier molecular flexibility index (Phi) is 2.88. The number of nitrogens with zero attached hydrogens (tertiary/aromatic N) is 2. The summed E-state index contributed by atoms with van der Waals surface area (Å²) >= 11 is 6.05. The minimum Gasteiger partial charge on any atom is -0.326 e. The molecular formula is C14H16ClN3. The van der Waals surface area contributed by atoms with E-state index >= 15 is 0 Å². The molecule has 2 N–H and O–H groups in total. The van der Waals surface area contributed by atoms with Crippen molar-refractivity contribution in [2.45, 2.75) is 32.4 Å². The number of imidazole rings is 1. The predicted octanol–water partition coefficient (Wildman–Crippen LogP) is 2.79. The normalized spacial score (nSPS) is 18.7. The molecular weight excluding hydrogens is 246 g/mol. The zero-order valence-electron chi connectivity index (χ0n) is 10.4. The molecule has 3 nitrogen and oxygen atoms in total. The Morgan fingerprint density at radius 1 is 1.44 bits per heavy atom. The van der Waals surface area contributed by atoms with Crippen molar-refractivity contribution in [2.75, 3.05) is 0 Å². The summed E-state index contributed by atoms with van der Waals surface area (Å²) in [6.45, 7) is 2.91. The van der Waals surface area contributed by atoms with Gasteiger partial charge in [0.2, 0.25) is 0 Å². The summed E-state index contributed by atoms with van der Waals surface area (Å²) in [6, 6.07) is 8.06. The Hall–Kier alpha value is -1.32. The van der Waals surface area contributed by atoms with Crippen LogP contribution in [0.25, 0.3) is 11.4 Å². The first-order chi connectivity index (χ1) is 8.65. The molecule has 0 fully saturated rings. The number of rotatable bonds is 1. The first kappa shape index (κ1) is 11.8. The van der Waals surface area contributed by atoms with Crippen LogP contribution < -0.4 is 5.73 Å². The summed E-state index contributed by atoms with van der Waals surface area (Å²) in [7, 11) is 0. The lowest BCUT2D eigenvalue weighted by Crippen LogP contribution is -2.32. The SMILES string of the molecule is Cc1nc(-c2cccc(Cl)c2)n2c1CCC(N)C2. The Morgan fingerprint density at radius 2 is 2.28 bits per heavy atom. The van der Waals surface area contributed by atoms with Gasteiger partial charge >= 0.3 is 0 Å². The van der Waals surface area contributed by atoms with Gasteiger partial charge in [-0.1, -0.05) is 23.7 Å². The lowest BCUT2D eigenvalue weighted by molar-refractivity contribution is 0.462. The molecule has 1 unspecified atom stereocenters. The Labute approximate surface area is 112 Å². The molecule has 2 heterocycles. The Morgan fingerprint density at radius 3 is 3.06 bits per heavy atom. The fourth-order valence-electron chi connectivity index (χ4n) is 2.62. The smallest absolute Gasteiger partial charge is 0.140 e. The number of hydrogen-bond donors (Lipinski definition) is 1. The number of benzene rings is 1. The van der Waals surface area contributed by atoms with Gasteiger partial charge in [0.1, 0.15) is 5.82 Å². The number of hydrogen-bond acceptors (Lipinski definition) is 2. The minimum atomic E-state index is 0.226. The third-order valence-corrected chi connectivity index (χ3v) is 3.76. The standard InChI is InChI=1S/C14H16ClN3/c1-9-13-6-5-12(16)8-18(13)14(17-9)10-3-2-4-11(15)7-10/h2-4,7,12H,5-6,8,16H2,1H3. The minimum absolute atomic E-state index is 0.226. The van der Waals surface area contributed by atoms with E-state index in [1.54, 1.807) is 0 Å². The largest absolute Gasteiger partial charge is 0.326 e. The highest BCUT2D eigenvalue weighted by Gasteiger charge is 2.22. The van der Waals surface area contributed by atoms with Gasteiger partial charge in [-0.2, -0.15) is 0 Å². The Balaban J connectivity index is 2.13. The fourth-order valence-corrected chi connectivity index (χ4v) is 2.81. The van der Waals surface area contributed by atoms with Gasteiger partial charge in [-0.25, -0.2) is 4.98 Å². The second-order valence-corrected chi connectivity index (χ2v) is 5.32.